The highest BCUT2D eigenvalue weighted by molar-refractivity contribution is 7.22. The molecule has 8 nitrogen and oxygen atoms in total. The largest absolute Gasteiger partial charge is 0.507 e. The fraction of sp³-hybridized carbons (Fsp3) is 0.172. The molecule has 3 aromatic carbocycles. The van der Waals surface area contributed by atoms with Gasteiger partial charge in [-0.2, -0.15) is 0 Å². The summed E-state index contributed by atoms with van der Waals surface area (Å²) in [5.74, 6) is -1.75. The summed E-state index contributed by atoms with van der Waals surface area (Å²) in [6.45, 7) is 1.95. The number of aliphatic hydroxyl groups is 1. The maximum atomic E-state index is 13.5. The standard InChI is InChI=1S/C29H21ClN2O6S/c1-14-11-18-12-17(7-10-21(18)38-14)25(33)23-24(15-3-5-16(6-4-15)28(36)37-2)32(27(35)26(23)34)29-31-20-9-8-19(30)13-22(20)39-29/h3-10,12-14,24,33H,11H2,1-2H3/t14-,24+/m1/s1. The molecular formula is C29H21ClN2O6S. The molecule has 3 heterocycles. The third-order valence-electron chi connectivity index (χ3n) is 6.81. The van der Waals surface area contributed by atoms with Crippen molar-refractivity contribution in [3.05, 3.63) is 93.5 Å². The number of anilines is 1. The van der Waals surface area contributed by atoms with E-state index in [4.69, 9.17) is 21.1 Å². The Morgan fingerprint density at radius 1 is 1.10 bits per heavy atom. The first-order valence-electron chi connectivity index (χ1n) is 12.1. The molecule has 0 bridgehead atoms. The topological polar surface area (TPSA) is 106 Å². The van der Waals surface area contributed by atoms with Gasteiger partial charge >= 0.3 is 11.9 Å². The van der Waals surface area contributed by atoms with Gasteiger partial charge in [0.1, 0.15) is 17.6 Å². The average molecular weight is 561 g/mol. The Balaban J connectivity index is 1.52. The van der Waals surface area contributed by atoms with Gasteiger partial charge in [-0.05, 0) is 66.6 Å². The molecule has 1 fully saturated rings. The van der Waals surface area contributed by atoms with Gasteiger partial charge in [-0.1, -0.05) is 35.1 Å². The second kappa shape index (κ2) is 9.52. The molecule has 2 aliphatic rings. The lowest BCUT2D eigenvalue weighted by Gasteiger charge is -2.23. The SMILES string of the molecule is COC(=O)c1ccc([C@H]2C(=C(O)c3ccc4c(c3)C[C@@H](C)O4)C(=O)C(=O)N2c2nc3ccc(Cl)cc3s2)cc1. The van der Waals surface area contributed by atoms with Crippen molar-refractivity contribution in [1.82, 2.24) is 4.98 Å². The zero-order valence-electron chi connectivity index (χ0n) is 20.8. The van der Waals surface area contributed by atoms with E-state index < -0.39 is 23.7 Å². The number of halogens is 1. The van der Waals surface area contributed by atoms with Gasteiger partial charge in [0.15, 0.2) is 5.13 Å². The van der Waals surface area contributed by atoms with Crippen molar-refractivity contribution in [3.63, 3.8) is 0 Å². The molecule has 1 aromatic heterocycles. The fourth-order valence-electron chi connectivity index (χ4n) is 4.98. The van der Waals surface area contributed by atoms with Gasteiger partial charge in [0.25, 0.3) is 5.78 Å². The number of ketones is 1. The Morgan fingerprint density at radius 2 is 1.85 bits per heavy atom. The van der Waals surface area contributed by atoms with E-state index in [1.54, 1.807) is 60.7 Å². The number of hydrogen-bond acceptors (Lipinski definition) is 8. The first kappa shape index (κ1) is 25.1. The number of hydrogen-bond donors (Lipinski definition) is 1. The number of aromatic nitrogens is 1. The summed E-state index contributed by atoms with van der Waals surface area (Å²) in [5, 5.41) is 12.3. The van der Waals surface area contributed by atoms with E-state index in [-0.39, 0.29) is 22.6 Å². The molecule has 0 saturated carbocycles. The van der Waals surface area contributed by atoms with E-state index in [1.807, 2.05) is 6.92 Å². The highest BCUT2D eigenvalue weighted by atomic mass is 35.5. The van der Waals surface area contributed by atoms with Gasteiger partial charge in [0, 0.05) is 17.0 Å². The number of rotatable bonds is 4. The van der Waals surface area contributed by atoms with Gasteiger partial charge in [-0.15, -0.1) is 0 Å². The van der Waals surface area contributed by atoms with E-state index in [0.29, 0.717) is 33.7 Å². The van der Waals surface area contributed by atoms with Crippen molar-refractivity contribution >= 4 is 61.7 Å². The van der Waals surface area contributed by atoms with Crippen molar-refractivity contribution in [1.29, 1.82) is 0 Å². The molecule has 196 valence electrons. The lowest BCUT2D eigenvalue weighted by molar-refractivity contribution is -0.132. The third kappa shape index (κ3) is 4.24. The number of methoxy groups -OCH3 is 1. The second-order valence-electron chi connectivity index (χ2n) is 9.35. The van der Waals surface area contributed by atoms with Crippen LogP contribution >= 0.6 is 22.9 Å². The fourth-order valence-corrected chi connectivity index (χ4v) is 6.25. The number of fused-ring (bicyclic) bond motifs is 2. The Bertz CT molecular complexity index is 1710. The highest BCUT2D eigenvalue weighted by Crippen LogP contribution is 2.45. The normalized spacial score (nSPS) is 19.8. The Morgan fingerprint density at radius 3 is 2.59 bits per heavy atom. The zero-order chi connectivity index (χ0) is 27.4. The van der Waals surface area contributed by atoms with E-state index in [9.17, 15) is 19.5 Å². The number of aliphatic hydroxyl groups excluding tert-OH is 1. The molecule has 0 radical (unpaired) electrons. The number of nitrogens with zero attached hydrogens (tertiary/aromatic N) is 2. The smallest absolute Gasteiger partial charge is 0.337 e. The zero-order valence-corrected chi connectivity index (χ0v) is 22.4. The minimum absolute atomic E-state index is 0.00356. The number of carbonyl (C=O) groups is 3. The van der Waals surface area contributed by atoms with E-state index >= 15 is 0 Å². The van der Waals surface area contributed by atoms with Crippen LogP contribution < -0.4 is 9.64 Å². The summed E-state index contributed by atoms with van der Waals surface area (Å²) in [6.07, 6.45) is 0.668. The molecule has 0 spiro atoms. The predicted octanol–water partition coefficient (Wildman–Crippen LogP) is 5.69. The van der Waals surface area contributed by atoms with Crippen molar-refractivity contribution in [2.75, 3.05) is 12.0 Å². The predicted molar refractivity (Wildman–Crippen MR) is 147 cm³/mol. The van der Waals surface area contributed by atoms with Gasteiger partial charge in [0.2, 0.25) is 0 Å². The van der Waals surface area contributed by atoms with Crippen LogP contribution in [-0.4, -0.2) is 41.0 Å². The van der Waals surface area contributed by atoms with E-state index in [1.165, 1.54) is 23.3 Å². The molecule has 2 aliphatic heterocycles. The number of ether oxygens (including phenoxy) is 2. The molecule has 1 saturated heterocycles. The molecule has 1 N–H and O–H groups in total. The monoisotopic (exact) mass is 560 g/mol. The first-order valence-corrected chi connectivity index (χ1v) is 13.3. The van der Waals surface area contributed by atoms with Crippen LogP contribution in [0.3, 0.4) is 0 Å². The molecule has 10 heteroatoms. The molecule has 2 atom stereocenters. The van der Waals surface area contributed by atoms with Crippen LogP contribution in [0.5, 0.6) is 5.75 Å². The maximum absolute atomic E-state index is 13.5. The van der Waals surface area contributed by atoms with Crippen LogP contribution in [-0.2, 0) is 20.7 Å². The molecule has 4 aromatic rings. The van der Waals surface area contributed by atoms with Gasteiger partial charge < -0.3 is 14.6 Å². The highest BCUT2D eigenvalue weighted by Gasteiger charge is 2.48. The van der Waals surface area contributed by atoms with E-state index in [0.717, 1.165) is 16.0 Å². The van der Waals surface area contributed by atoms with Crippen LogP contribution in [0.15, 0.2) is 66.2 Å². The maximum Gasteiger partial charge on any atom is 0.337 e. The number of carbonyl (C=O) groups excluding carboxylic acids is 3. The number of esters is 1. The number of Topliss-reactive ketones (excluding diaryl/α,β-unsaturated/α-hetero) is 1. The van der Waals surface area contributed by atoms with Crippen molar-refractivity contribution in [2.24, 2.45) is 0 Å². The van der Waals surface area contributed by atoms with Crippen molar-refractivity contribution in [2.45, 2.75) is 25.5 Å². The van der Waals surface area contributed by atoms with Crippen LogP contribution in [0.25, 0.3) is 16.0 Å². The summed E-state index contributed by atoms with van der Waals surface area (Å²) in [7, 11) is 1.28. The molecule has 39 heavy (non-hydrogen) atoms. The van der Waals surface area contributed by atoms with Crippen molar-refractivity contribution < 1.29 is 29.0 Å². The second-order valence-corrected chi connectivity index (χ2v) is 10.8. The Hall–Kier alpha value is -4.21. The van der Waals surface area contributed by atoms with Crippen LogP contribution in [0.2, 0.25) is 5.02 Å². The average Bonchev–Trinajstić information content (AvgIpc) is 3.59. The Kier molecular flexibility index (Phi) is 6.12. The summed E-state index contributed by atoms with van der Waals surface area (Å²) in [6, 6.07) is 15.7. The quantitative estimate of drug-likeness (QED) is 0.148. The molecule has 6 rings (SSSR count). The van der Waals surface area contributed by atoms with Gasteiger partial charge in [0.05, 0.1) is 34.5 Å². The minimum Gasteiger partial charge on any atom is -0.507 e. The number of thiazole rings is 1. The minimum atomic E-state index is -0.990. The van der Waals surface area contributed by atoms with Crippen LogP contribution in [0.4, 0.5) is 5.13 Å². The molecular weight excluding hydrogens is 540 g/mol. The summed E-state index contributed by atoms with van der Waals surface area (Å²) >= 11 is 7.37. The number of benzene rings is 3. The summed E-state index contributed by atoms with van der Waals surface area (Å²) < 4.78 is 11.3. The molecule has 1 amide bonds. The lowest BCUT2D eigenvalue weighted by Crippen LogP contribution is -2.29. The van der Waals surface area contributed by atoms with Crippen molar-refractivity contribution in [3.8, 4) is 5.75 Å². The van der Waals surface area contributed by atoms with Crippen LogP contribution in [0.1, 0.15) is 40.0 Å². The first-order chi connectivity index (χ1) is 18.7. The summed E-state index contributed by atoms with van der Waals surface area (Å²) in [4.78, 5) is 44.9. The third-order valence-corrected chi connectivity index (χ3v) is 8.06. The molecule has 0 unspecified atom stereocenters. The number of amides is 1. The lowest BCUT2D eigenvalue weighted by atomic mass is 9.94. The summed E-state index contributed by atoms with van der Waals surface area (Å²) in [5.41, 5.74) is 2.67. The van der Waals surface area contributed by atoms with Gasteiger partial charge in [-0.25, -0.2) is 9.78 Å². The van der Waals surface area contributed by atoms with Gasteiger partial charge in [-0.3, -0.25) is 14.5 Å². The van der Waals surface area contributed by atoms with E-state index in [2.05, 4.69) is 4.98 Å². The molecule has 0 aliphatic carbocycles. The Labute approximate surface area is 232 Å². The van der Waals surface area contributed by atoms with Crippen LogP contribution in [0, 0.1) is 0 Å².